The van der Waals surface area contributed by atoms with E-state index in [1.807, 2.05) is 0 Å². The summed E-state index contributed by atoms with van der Waals surface area (Å²) >= 11 is 0. The van der Waals surface area contributed by atoms with Crippen LogP contribution in [-0.2, 0) is 14.8 Å². The second-order valence-electron chi connectivity index (χ2n) is 5.45. The third-order valence-electron chi connectivity index (χ3n) is 3.87. The van der Waals surface area contributed by atoms with Crippen LogP contribution in [0.5, 0.6) is 0 Å². The second-order valence-corrected chi connectivity index (χ2v) is 7.39. The number of carbonyl (C=O) groups is 1. The van der Waals surface area contributed by atoms with Crippen molar-refractivity contribution in [1.29, 1.82) is 0 Å². The number of ether oxygens (including phenoxy) is 1. The average molecular weight is 362 g/mol. The van der Waals surface area contributed by atoms with Gasteiger partial charge in [-0.3, -0.25) is 9.69 Å². The SMILES string of the molecule is CN(C(=O)c1ccc(S(=O)(=O)N2CCOCC2)cc1)c1ncccn1. The largest absolute Gasteiger partial charge is 0.379 e. The molecule has 0 aliphatic carbocycles. The Hall–Kier alpha value is -2.36. The molecule has 1 aliphatic rings. The first-order valence-corrected chi connectivity index (χ1v) is 9.17. The number of morpholine rings is 1. The summed E-state index contributed by atoms with van der Waals surface area (Å²) in [6, 6.07) is 7.53. The number of benzene rings is 1. The van der Waals surface area contributed by atoms with Crippen LogP contribution in [0.25, 0.3) is 0 Å². The highest BCUT2D eigenvalue weighted by molar-refractivity contribution is 7.89. The Morgan fingerprint density at radius 2 is 1.72 bits per heavy atom. The number of hydrogen-bond donors (Lipinski definition) is 0. The summed E-state index contributed by atoms with van der Waals surface area (Å²) in [5, 5.41) is 0. The minimum atomic E-state index is -3.57. The van der Waals surface area contributed by atoms with Crippen molar-refractivity contribution in [3.63, 3.8) is 0 Å². The van der Waals surface area contributed by atoms with Gasteiger partial charge < -0.3 is 4.74 Å². The number of sulfonamides is 1. The van der Waals surface area contributed by atoms with Crippen LogP contribution in [0, 0.1) is 0 Å². The van der Waals surface area contributed by atoms with E-state index in [1.54, 1.807) is 25.5 Å². The Kier molecular flexibility index (Phi) is 5.07. The number of carbonyl (C=O) groups excluding carboxylic acids is 1. The van der Waals surface area contributed by atoms with Crippen molar-refractivity contribution in [2.45, 2.75) is 4.90 Å². The third kappa shape index (κ3) is 3.68. The van der Waals surface area contributed by atoms with Crippen molar-refractivity contribution >= 4 is 21.9 Å². The van der Waals surface area contributed by atoms with Gasteiger partial charge in [0.1, 0.15) is 0 Å². The number of nitrogens with zero attached hydrogens (tertiary/aromatic N) is 4. The van der Waals surface area contributed by atoms with Crippen molar-refractivity contribution in [2.24, 2.45) is 0 Å². The van der Waals surface area contributed by atoms with E-state index in [2.05, 4.69) is 9.97 Å². The van der Waals surface area contributed by atoms with Gasteiger partial charge in [0.25, 0.3) is 5.91 Å². The molecular formula is C16H18N4O4S. The van der Waals surface area contributed by atoms with E-state index < -0.39 is 10.0 Å². The molecule has 132 valence electrons. The van der Waals surface area contributed by atoms with Gasteiger partial charge in [0.2, 0.25) is 16.0 Å². The maximum Gasteiger partial charge on any atom is 0.260 e. The molecule has 0 atom stereocenters. The molecule has 1 saturated heterocycles. The molecule has 0 radical (unpaired) electrons. The molecule has 2 aromatic rings. The summed E-state index contributed by atoms with van der Waals surface area (Å²) < 4.78 is 31.7. The summed E-state index contributed by atoms with van der Waals surface area (Å²) in [6.07, 6.45) is 3.09. The van der Waals surface area contributed by atoms with Crippen LogP contribution >= 0.6 is 0 Å². The quantitative estimate of drug-likeness (QED) is 0.798. The smallest absolute Gasteiger partial charge is 0.260 e. The molecule has 0 unspecified atom stereocenters. The molecule has 25 heavy (non-hydrogen) atoms. The van der Waals surface area contributed by atoms with E-state index in [4.69, 9.17) is 4.74 Å². The molecule has 3 rings (SSSR count). The van der Waals surface area contributed by atoms with Crippen LogP contribution in [0.4, 0.5) is 5.95 Å². The van der Waals surface area contributed by atoms with Crippen molar-refractivity contribution in [1.82, 2.24) is 14.3 Å². The van der Waals surface area contributed by atoms with Crippen molar-refractivity contribution in [3.05, 3.63) is 48.3 Å². The Labute approximate surface area is 146 Å². The molecule has 0 saturated carbocycles. The van der Waals surface area contributed by atoms with Gasteiger partial charge >= 0.3 is 0 Å². The van der Waals surface area contributed by atoms with Crippen LogP contribution in [-0.4, -0.2) is 61.9 Å². The first-order chi connectivity index (χ1) is 12.0. The molecule has 0 bridgehead atoms. The number of rotatable bonds is 4. The zero-order valence-corrected chi connectivity index (χ0v) is 14.5. The fourth-order valence-electron chi connectivity index (χ4n) is 2.45. The number of hydrogen-bond acceptors (Lipinski definition) is 6. The van der Waals surface area contributed by atoms with E-state index >= 15 is 0 Å². The Balaban J connectivity index is 1.79. The molecule has 0 spiro atoms. The van der Waals surface area contributed by atoms with Crippen LogP contribution < -0.4 is 4.90 Å². The van der Waals surface area contributed by atoms with Gasteiger partial charge in [0.05, 0.1) is 18.1 Å². The van der Waals surface area contributed by atoms with Crippen molar-refractivity contribution < 1.29 is 17.9 Å². The maximum atomic E-state index is 12.6. The van der Waals surface area contributed by atoms with E-state index in [0.29, 0.717) is 31.9 Å². The summed E-state index contributed by atoms with van der Waals surface area (Å²) in [5.74, 6) is -0.0426. The van der Waals surface area contributed by atoms with Gasteiger partial charge in [-0.05, 0) is 30.3 Å². The predicted octanol–water partition coefficient (Wildman–Crippen LogP) is 0.774. The number of aromatic nitrogens is 2. The van der Waals surface area contributed by atoms with Crippen molar-refractivity contribution in [2.75, 3.05) is 38.3 Å². The lowest BCUT2D eigenvalue weighted by Crippen LogP contribution is -2.40. The molecule has 2 heterocycles. The molecule has 1 aliphatic heterocycles. The molecule has 1 amide bonds. The van der Waals surface area contributed by atoms with Gasteiger partial charge in [-0.1, -0.05) is 0 Å². The summed E-state index contributed by atoms with van der Waals surface area (Å²) in [7, 11) is -2.01. The van der Waals surface area contributed by atoms with Gasteiger partial charge in [0.15, 0.2) is 0 Å². The highest BCUT2D eigenvalue weighted by Gasteiger charge is 2.26. The first-order valence-electron chi connectivity index (χ1n) is 7.73. The lowest BCUT2D eigenvalue weighted by molar-refractivity contribution is 0.0730. The molecule has 0 N–H and O–H groups in total. The maximum absolute atomic E-state index is 12.6. The summed E-state index contributed by atoms with van der Waals surface area (Å²) in [4.78, 5) is 22.0. The minimum Gasteiger partial charge on any atom is -0.379 e. The molecular weight excluding hydrogens is 344 g/mol. The first kappa shape index (κ1) is 17.5. The van der Waals surface area contributed by atoms with Gasteiger partial charge in [0, 0.05) is 38.1 Å². The van der Waals surface area contributed by atoms with E-state index in [0.717, 1.165) is 0 Å². The highest BCUT2D eigenvalue weighted by Crippen LogP contribution is 2.18. The van der Waals surface area contributed by atoms with Crippen LogP contribution in [0.3, 0.4) is 0 Å². The predicted molar refractivity (Wildman–Crippen MR) is 90.8 cm³/mol. The van der Waals surface area contributed by atoms with E-state index in [9.17, 15) is 13.2 Å². The minimum absolute atomic E-state index is 0.157. The normalized spacial score (nSPS) is 15.7. The average Bonchev–Trinajstić information content (AvgIpc) is 2.68. The third-order valence-corrected chi connectivity index (χ3v) is 5.78. The molecule has 1 fully saturated rings. The zero-order valence-electron chi connectivity index (χ0n) is 13.7. The lowest BCUT2D eigenvalue weighted by Gasteiger charge is -2.26. The van der Waals surface area contributed by atoms with Crippen LogP contribution in [0.15, 0.2) is 47.6 Å². The number of anilines is 1. The number of amides is 1. The zero-order chi connectivity index (χ0) is 17.9. The Morgan fingerprint density at radius 1 is 1.12 bits per heavy atom. The van der Waals surface area contributed by atoms with Gasteiger partial charge in [-0.15, -0.1) is 0 Å². The standard InChI is InChI=1S/C16H18N4O4S/c1-19(16-17-7-2-8-18-16)15(21)13-3-5-14(6-4-13)25(22,23)20-9-11-24-12-10-20/h2-8H,9-12H2,1H3. The Bertz CT molecular complexity index is 834. The van der Waals surface area contributed by atoms with Crippen LogP contribution in [0.2, 0.25) is 0 Å². The summed E-state index contributed by atoms with van der Waals surface area (Å²) in [5.41, 5.74) is 0.357. The van der Waals surface area contributed by atoms with Gasteiger partial charge in [-0.25, -0.2) is 18.4 Å². The summed E-state index contributed by atoms with van der Waals surface area (Å²) in [6.45, 7) is 1.43. The highest BCUT2D eigenvalue weighted by atomic mass is 32.2. The van der Waals surface area contributed by atoms with Gasteiger partial charge in [-0.2, -0.15) is 4.31 Å². The van der Waals surface area contributed by atoms with Crippen LogP contribution in [0.1, 0.15) is 10.4 Å². The lowest BCUT2D eigenvalue weighted by atomic mass is 10.2. The van der Waals surface area contributed by atoms with E-state index in [1.165, 1.54) is 33.5 Å². The molecule has 1 aromatic heterocycles. The molecule has 1 aromatic carbocycles. The van der Waals surface area contributed by atoms with Crippen molar-refractivity contribution in [3.8, 4) is 0 Å². The molecule has 8 nitrogen and oxygen atoms in total. The fourth-order valence-corrected chi connectivity index (χ4v) is 3.86. The monoisotopic (exact) mass is 362 g/mol. The molecule has 9 heteroatoms. The second kappa shape index (κ2) is 7.26. The van der Waals surface area contributed by atoms with E-state index in [-0.39, 0.29) is 16.8 Å². The Morgan fingerprint density at radius 3 is 2.32 bits per heavy atom. The topological polar surface area (TPSA) is 92.7 Å². The fraction of sp³-hybridized carbons (Fsp3) is 0.312.